The van der Waals surface area contributed by atoms with Gasteiger partial charge in [-0.05, 0) is 12.5 Å². The molecule has 3 heteroatoms. The Morgan fingerprint density at radius 3 is 2.65 bits per heavy atom. The number of hydrogen-bond acceptors (Lipinski definition) is 3. The minimum Gasteiger partial charge on any atom is -0.396 e. The minimum atomic E-state index is 0.731. The van der Waals surface area contributed by atoms with Gasteiger partial charge in [0.2, 0.25) is 0 Å². The molecule has 0 spiro atoms. The number of para-hydroxylation sites is 1. The monoisotopic (exact) mass is 271 g/mol. The van der Waals surface area contributed by atoms with Gasteiger partial charge < -0.3 is 11.1 Å². The third-order valence-corrected chi connectivity index (χ3v) is 3.64. The number of nitrogens with two attached hydrogens (primary N) is 1. The van der Waals surface area contributed by atoms with Crippen LogP contribution in [0.25, 0.3) is 10.9 Å². The molecule has 108 valence electrons. The number of anilines is 2. The molecule has 0 saturated carbocycles. The molecule has 0 atom stereocenters. The number of fused-ring (bicyclic) bond motifs is 1. The fourth-order valence-corrected chi connectivity index (χ4v) is 2.47. The lowest BCUT2D eigenvalue weighted by atomic mass is 10.1. The summed E-state index contributed by atoms with van der Waals surface area (Å²) in [6.07, 6.45) is 9.58. The Morgan fingerprint density at radius 2 is 1.80 bits per heavy atom. The summed E-state index contributed by atoms with van der Waals surface area (Å²) in [6, 6.07) is 8.12. The number of nitrogens with one attached hydrogen (secondary N) is 1. The first-order valence-corrected chi connectivity index (χ1v) is 7.70. The van der Waals surface area contributed by atoms with Gasteiger partial charge in [0.1, 0.15) is 0 Å². The summed E-state index contributed by atoms with van der Waals surface area (Å²) in [7, 11) is 0. The molecule has 0 fully saturated rings. The Hall–Kier alpha value is -1.77. The van der Waals surface area contributed by atoms with Crippen LogP contribution >= 0.6 is 0 Å². The quantitative estimate of drug-likeness (QED) is 0.690. The maximum Gasteiger partial charge on any atom is 0.0743 e. The molecule has 0 saturated heterocycles. The number of unbranched alkanes of at least 4 members (excludes halogenated alkanes) is 5. The fraction of sp³-hybridized carbons (Fsp3) is 0.471. The molecular weight excluding hydrogens is 246 g/mol. The average Bonchev–Trinajstić information content (AvgIpc) is 2.48. The highest BCUT2D eigenvalue weighted by atomic mass is 14.9. The molecule has 0 unspecified atom stereocenters. The lowest BCUT2D eigenvalue weighted by Crippen LogP contribution is -2.05. The number of hydrogen-bond donors (Lipinski definition) is 2. The molecule has 1 heterocycles. The second-order valence-corrected chi connectivity index (χ2v) is 5.30. The van der Waals surface area contributed by atoms with Crippen LogP contribution in [0, 0.1) is 0 Å². The highest BCUT2D eigenvalue weighted by molar-refractivity contribution is 5.96. The van der Waals surface area contributed by atoms with E-state index in [0.717, 1.165) is 28.8 Å². The van der Waals surface area contributed by atoms with Crippen molar-refractivity contribution in [3.63, 3.8) is 0 Å². The van der Waals surface area contributed by atoms with Crippen molar-refractivity contribution in [2.24, 2.45) is 0 Å². The maximum absolute atomic E-state index is 6.04. The highest BCUT2D eigenvalue weighted by Crippen LogP contribution is 2.27. The Morgan fingerprint density at radius 1 is 1.05 bits per heavy atom. The predicted molar refractivity (Wildman–Crippen MR) is 88.0 cm³/mol. The van der Waals surface area contributed by atoms with Crippen LogP contribution in [0.1, 0.15) is 45.4 Å². The molecule has 2 aromatic rings. The first kappa shape index (κ1) is 14.6. The van der Waals surface area contributed by atoms with E-state index in [1.54, 1.807) is 6.20 Å². The molecule has 0 bridgehead atoms. The summed E-state index contributed by atoms with van der Waals surface area (Å²) in [5.74, 6) is 0. The number of aromatic nitrogens is 1. The van der Waals surface area contributed by atoms with E-state index in [4.69, 9.17) is 5.73 Å². The maximum atomic E-state index is 6.04. The van der Waals surface area contributed by atoms with Gasteiger partial charge in [0.25, 0.3) is 0 Å². The van der Waals surface area contributed by atoms with Crippen LogP contribution in [0.4, 0.5) is 11.4 Å². The summed E-state index contributed by atoms with van der Waals surface area (Å²) in [6.45, 7) is 3.23. The number of benzene rings is 1. The molecular formula is C17H25N3. The lowest BCUT2D eigenvalue weighted by molar-refractivity contribution is 0.617. The van der Waals surface area contributed by atoms with Crippen molar-refractivity contribution in [2.45, 2.75) is 45.4 Å². The van der Waals surface area contributed by atoms with Crippen LogP contribution in [0.15, 0.2) is 30.5 Å². The predicted octanol–water partition coefficient (Wildman–Crippen LogP) is 4.59. The van der Waals surface area contributed by atoms with E-state index in [9.17, 15) is 0 Å². The van der Waals surface area contributed by atoms with Gasteiger partial charge in [-0.25, -0.2) is 0 Å². The van der Waals surface area contributed by atoms with Gasteiger partial charge in [-0.1, -0.05) is 57.2 Å². The standard InChI is InChI=1S/C17H25N3/c1-2-3-4-5-6-9-12-19-17-14-10-7-8-11-16(14)20-13-15(17)18/h7-8,10-11,13H,2-6,9,12,18H2,1H3,(H,19,20). The van der Waals surface area contributed by atoms with E-state index in [1.807, 2.05) is 18.2 Å². The zero-order chi connectivity index (χ0) is 14.2. The summed E-state index contributed by atoms with van der Waals surface area (Å²) >= 11 is 0. The van der Waals surface area contributed by atoms with Crippen molar-refractivity contribution in [1.82, 2.24) is 4.98 Å². The molecule has 1 aromatic carbocycles. The summed E-state index contributed by atoms with van der Waals surface area (Å²) in [5, 5.41) is 4.59. The Labute approximate surface area is 121 Å². The average molecular weight is 271 g/mol. The number of pyridine rings is 1. The summed E-state index contributed by atoms with van der Waals surface area (Å²) < 4.78 is 0. The molecule has 0 aliphatic rings. The lowest BCUT2D eigenvalue weighted by Gasteiger charge is -2.12. The van der Waals surface area contributed by atoms with Gasteiger partial charge in [0.05, 0.1) is 23.1 Å². The molecule has 0 radical (unpaired) electrons. The third kappa shape index (κ3) is 3.86. The van der Waals surface area contributed by atoms with E-state index in [1.165, 1.54) is 38.5 Å². The zero-order valence-electron chi connectivity index (χ0n) is 12.4. The Kier molecular flexibility index (Phi) is 5.66. The van der Waals surface area contributed by atoms with E-state index in [2.05, 4.69) is 23.3 Å². The van der Waals surface area contributed by atoms with Gasteiger partial charge >= 0.3 is 0 Å². The van der Waals surface area contributed by atoms with E-state index < -0.39 is 0 Å². The normalized spacial score (nSPS) is 10.8. The number of rotatable bonds is 8. The van der Waals surface area contributed by atoms with Crippen molar-refractivity contribution >= 4 is 22.3 Å². The van der Waals surface area contributed by atoms with Crippen LogP contribution in [0.2, 0.25) is 0 Å². The highest BCUT2D eigenvalue weighted by Gasteiger charge is 2.05. The Bertz CT molecular complexity index is 537. The smallest absolute Gasteiger partial charge is 0.0743 e. The summed E-state index contributed by atoms with van der Waals surface area (Å²) in [4.78, 5) is 4.35. The topological polar surface area (TPSA) is 50.9 Å². The van der Waals surface area contributed by atoms with Gasteiger partial charge in [-0.2, -0.15) is 0 Å². The fourth-order valence-electron chi connectivity index (χ4n) is 2.47. The van der Waals surface area contributed by atoms with Gasteiger partial charge in [-0.15, -0.1) is 0 Å². The van der Waals surface area contributed by atoms with Gasteiger partial charge in [-0.3, -0.25) is 4.98 Å². The first-order chi connectivity index (χ1) is 9.83. The van der Waals surface area contributed by atoms with Crippen molar-refractivity contribution in [2.75, 3.05) is 17.6 Å². The van der Waals surface area contributed by atoms with Gasteiger partial charge in [0, 0.05) is 11.9 Å². The largest absolute Gasteiger partial charge is 0.396 e. The molecule has 3 nitrogen and oxygen atoms in total. The molecule has 2 rings (SSSR count). The van der Waals surface area contributed by atoms with E-state index in [0.29, 0.717) is 0 Å². The van der Waals surface area contributed by atoms with Crippen molar-refractivity contribution in [1.29, 1.82) is 0 Å². The van der Waals surface area contributed by atoms with E-state index >= 15 is 0 Å². The Balaban J connectivity index is 1.88. The van der Waals surface area contributed by atoms with Crippen LogP contribution in [0.3, 0.4) is 0 Å². The van der Waals surface area contributed by atoms with Crippen LogP contribution in [-0.4, -0.2) is 11.5 Å². The molecule has 20 heavy (non-hydrogen) atoms. The van der Waals surface area contributed by atoms with Crippen molar-refractivity contribution in [3.8, 4) is 0 Å². The minimum absolute atomic E-state index is 0.731. The molecule has 0 aliphatic heterocycles. The molecule has 1 aromatic heterocycles. The van der Waals surface area contributed by atoms with Crippen molar-refractivity contribution < 1.29 is 0 Å². The second kappa shape index (κ2) is 7.73. The van der Waals surface area contributed by atoms with Crippen LogP contribution in [0.5, 0.6) is 0 Å². The summed E-state index contributed by atoms with van der Waals surface area (Å²) in [5.41, 5.74) is 8.80. The van der Waals surface area contributed by atoms with Crippen LogP contribution in [-0.2, 0) is 0 Å². The SMILES string of the molecule is CCCCCCCCNc1c(N)cnc2ccccc12. The second-order valence-electron chi connectivity index (χ2n) is 5.30. The number of nitrogens with zero attached hydrogens (tertiary/aromatic N) is 1. The molecule has 3 N–H and O–H groups in total. The zero-order valence-corrected chi connectivity index (χ0v) is 12.4. The van der Waals surface area contributed by atoms with E-state index in [-0.39, 0.29) is 0 Å². The number of nitrogen functional groups attached to an aromatic ring is 1. The first-order valence-electron chi connectivity index (χ1n) is 7.70. The molecule has 0 amide bonds. The molecule has 0 aliphatic carbocycles. The van der Waals surface area contributed by atoms with Gasteiger partial charge in [0.15, 0.2) is 0 Å². The van der Waals surface area contributed by atoms with Crippen molar-refractivity contribution in [3.05, 3.63) is 30.5 Å². The third-order valence-electron chi connectivity index (χ3n) is 3.64. The van der Waals surface area contributed by atoms with Crippen LogP contribution < -0.4 is 11.1 Å².